The molecule has 0 radical (unpaired) electrons. The molecule has 0 atom stereocenters. The van der Waals surface area contributed by atoms with Crippen molar-refractivity contribution in [2.24, 2.45) is 0 Å². The highest BCUT2D eigenvalue weighted by molar-refractivity contribution is 7.18. The van der Waals surface area contributed by atoms with E-state index >= 15 is 0 Å². The molecule has 2 rings (SSSR count). The number of hydrogen-bond acceptors (Lipinski definition) is 4. The molecule has 0 unspecified atom stereocenters. The lowest BCUT2D eigenvalue weighted by molar-refractivity contribution is -0.137. The number of benzene rings is 1. The van der Waals surface area contributed by atoms with Gasteiger partial charge in [0, 0.05) is 9.90 Å². The molecule has 0 aliphatic heterocycles. The van der Waals surface area contributed by atoms with Crippen LogP contribution in [0.25, 0.3) is 10.4 Å². The summed E-state index contributed by atoms with van der Waals surface area (Å²) in [6.07, 6.45) is 0. The number of rotatable bonds is 4. The van der Waals surface area contributed by atoms with Crippen LogP contribution in [0.2, 0.25) is 5.02 Å². The summed E-state index contributed by atoms with van der Waals surface area (Å²) in [7, 11) is 0. The first-order chi connectivity index (χ1) is 9.11. The first-order valence-corrected chi connectivity index (χ1v) is 6.88. The number of ether oxygens (including phenoxy) is 1. The van der Waals surface area contributed by atoms with E-state index in [2.05, 4.69) is 4.74 Å². The minimum atomic E-state index is -0.813. The second-order valence-electron chi connectivity index (χ2n) is 3.72. The Morgan fingerprint density at radius 1 is 1.16 bits per heavy atom. The summed E-state index contributed by atoms with van der Waals surface area (Å²) < 4.78 is 4.69. The summed E-state index contributed by atoms with van der Waals surface area (Å²) in [6, 6.07) is 10.7. The zero-order valence-electron chi connectivity index (χ0n) is 10.2. The first kappa shape index (κ1) is 13.8. The lowest BCUT2D eigenvalue weighted by Gasteiger charge is -1.98. The van der Waals surface area contributed by atoms with Crippen molar-refractivity contribution in [2.75, 3.05) is 6.61 Å². The lowest BCUT2D eigenvalue weighted by Crippen LogP contribution is -2.16. The molecule has 0 spiro atoms. The quantitative estimate of drug-likeness (QED) is 0.489. The van der Waals surface area contributed by atoms with Crippen molar-refractivity contribution in [1.82, 2.24) is 0 Å². The number of hydrogen-bond donors (Lipinski definition) is 0. The number of esters is 1. The van der Waals surface area contributed by atoms with Gasteiger partial charge in [-0.05, 0) is 36.8 Å². The average Bonchev–Trinajstić information content (AvgIpc) is 2.88. The Morgan fingerprint density at radius 3 is 2.47 bits per heavy atom. The lowest BCUT2D eigenvalue weighted by atomic mass is 10.2. The Morgan fingerprint density at radius 2 is 1.84 bits per heavy atom. The van der Waals surface area contributed by atoms with Crippen LogP contribution < -0.4 is 0 Å². The van der Waals surface area contributed by atoms with E-state index in [0.29, 0.717) is 9.90 Å². The van der Waals surface area contributed by atoms with Crippen LogP contribution in [0.1, 0.15) is 16.6 Å². The average molecular weight is 295 g/mol. The van der Waals surface area contributed by atoms with Gasteiger partial charge in [0.05, 0.1) is 11.5 Å². The molecular formula is C14H11ClO3S. The summed E-state index contributed by atoms with van der Waals surface area (Å²) in [4.78, 5) is 24.4. The smallest absolute Gasteiger partial charge is 0.380 e. The molecule has 2 aromatic rings. The molecule has 3 nitrogen and oxygen atoms in total. The van der Waals surface area contributed by atoms with Gasteiger partial charge in [-0.15, -0.1) is 11.3 Å². The van der Waals surface area contributed by atoms with Crippen LogP contribution in [0.5, 0.6) is 0 Å². The molecule has 0 aliphatic carbocycles. The predicted octanol–water partition coefficient (Wildman–Crippen LogP) is 3.81. The zero-order valence-corrected chi connectivity index (χ0v) is 11.8. The van der Waals surface area contributed by atoms with E-state index in [0.717, 1.165) is 10.4 Å². The summed E-state index contributed by atoms with van der Waals surface area (Å²) in [5.74, 6) is -1.42. The number of carbonyl (C=O) groups excluding carboxylic acids is 2. The van der Waals surface area contributed by atoms with Crippen LogP contribution in [0.3, 0.4) is 0 Å². The standard InChI is InChI=1S/C14H11ClO3S/c1-2-18-14(17)13(16)12-8-7-11(19-12)9-3-5-10(15)6-4-9/h3-8H,2H2,1H3. The highest BCUT2D eigenvalue weighted by atomic mass is 35.5. The molecule has 1 heterocycles. The second kappa shape index (κ2) is 5.99. The van der Waals surface area contributed by atoms with Gasteiger partial charge in [-0.3, -0.25) is 4.79 Å². The maximum atomic E-state index is 11.7. The molecule has 1 aromatic carbocycles. The SMILES string of the molecule is CCOC(=O)C(=O)c1ccc(-c2ccc(Cl)cc2)s1. The van der Waals surface area contributed by atoms with Crippen molar-refractivity contribution in [3.05, 3.63) is 46.3 Å². The number of carbonyl (C=O) groups is 2. The summed E-state index contributed by atoms with van der Waals surface area (Å²) in [5, 5.41) is 0.656. The third-order valence-corrected chi connectivity index (χ3v) is 3.80. The molecular weight excluding hydrogens is 284 g/mol. The third-order valence-electron chi connectivity index (χ3n) is 2.42. The normalized spacial score (nSPS) is 10.2. The largest absolute Gasteiger partial charge is 0.460 e. The van der Waals surface area contributed by atoms with Crippen LogP contribution in [0.15, 0.2) is 36.4 Å². The van der Waals surface area contributed by atoms with Crippen molar-refractivity contribution in [1.29, 1.82) is 0 Å². The van der Waals surface area contributed by atoms with Gasteiger partial charge in [-0.2, -0.15) is 0 Å². The summed E-state index contributed by atoms with van der Waals surface area (Å²) in [5.41, 5.74) is 0.956. The first-order valence-electron chi connectivity index (χ1n) is 5.69. The van der Waals surface area contributed by atoms with Gasteiger partial charge in [0.2, 0.25) is 0 Å². The monoisotopic (exact) mass is 294 g/mol. The minimum Gasteiger partial charge on any atom is -0.460 e. The molecule has 98 valence electrons. The summed E-state index contributed by atoms with van der Waals surface area (Å²) >= 11 is 7.08. The van der Waals surface area contributed by atoms with Gasteiger partial charge >= 0.3 is 5.97 Å². The van der Waals surface area contributed by atoms with Crippen molar-refractivity contribution < 1.29 is 14.3 Å². The zero-order chi connectivity index (χ0) is 13.8. The Balaban J connectivity index is 2.21. The van der Waals surface area contributed by atoms with Crippen molar-refractivity contribution in [3.63, 3.8) is 0 Å². The molecule has 0 saturated heterocycles. The van der Waals surface area contributed by atoms with Crippen LogP contribution in [0, 0.1) is 0 Å². The van der Waals surface area contributed by atoms with Gasteiger partial charge < -0.3 is 4.74 Å². The molecule has 0 fully saturated rings. The Bertz CT molecular complexity index is 601. The van der Waals surface area contributed by atoms with Gasteiger partial charge in [0.25, 0.3) is 5.78 Å². The van der Waals surface area contributed by atoms with E-state index in [1.54, 1.807) is 31.2 Å². The van der Waals surface area contributed by atoms with Crippen LogP contribution in [-0.2, 0) is 9.53 Å². The second-order valence-corrected chi connectivity index (χ2v) is 5.24. The fourth-order valence-electron chi connectivity index (χ4n) is 1.53. The topological polar surface area (TPSA) is 43.4 Å². The highest BCUT2D eigenvalue weighted by Gasteiger charge is 2.19. The molecule has 1 aromatic heterocycles. The maximum Gasteiger partial charge on any atom is 0.380 e. The molecule has 0 amide bonds. The molecule has 0 aliphatic rings. The molecule has 0 saturated carbocycles. The third kappa shape index (κ3) is 3.22. The van der Waals surface area contributed by atoms with E-state index < -0.39 is 11.8 Å². The van der Waals surface area contributed by atoms with Gasteiger partial charge in [0.15, 0.2) is 0 Å². The van der Waals surface area contributed by atoms with E-state index in [9.17, 15) is 9.59 Å². The molecule has 0 bridgehead atoms. The van der Waals surface area contributed by atoms with Crippen LogP contribution in [0.4, 0.5) is 0 Å². The Kier molecular flexibility index (Phi) is 4.35. The molecule has 5 heteroatoms. The van der Waals surface area contributed by atoms with Crippen molar-refractivity contribution >= 4 is 34.7 Å². The van der Waals surface area contributed by atoms with Crippen LogP contribution >= 0.6 is 22.9 Å². The van der Waals surface area contributed by atoms with E-state index in [1.807, 2.05) is 12.1 Å². The van der Waals surface area contributed by atoms with Gasteiger partial charge in [-0.25, -0.2) is 4.79 Å². The van der Waals surface area contributed by atoms with E-state index in [4.69, 9.17) is 11.6 Å². The number of Topliss-reactive ketones (excluding diaryl/α,β-unsaturated/α-hetero) is 1. The Labute approximate surface area is 119 Å². The number of ketones is 1. The summed E-state index contributed by atoms with van der Waals surface area (Å²) in [6.45, 7) is 1.86. The molecule has 19 heavy (non-hydrogen) atoms. The van der Waals surface area contributed by atoms with E-state index in [-0.39, 0.29) is 6.61 Å². The van der Waals surface area contributed by atoms with E-state index in [1.165, 1.54) is 11.3 Å². The fourth-order valence-corrected chi connectivity index (χ4v) is 2.59. The Hall–Kier alpha value is -1.65. The van der Waals surface area contributed by atoms with Gasteiger partial charge in [0.1, 0.15) is 0 Å². The van der Waals surface area contributed by atoms with Gasteiger partial charge in [-0.1, -0.05) is 23.7 Å². The molecule has 0 N–H and O–H groups in total. The van der Waals surface area contributed by atoms with Crippen LogP contribution in [-0.4, -0.2) is 18.4 Å². The predicted molar refractivity (Wildman–Crippen MR) is 75.7 cm³/mol. The van der Waals surface area contributed by atoms with Crippen molar-refractivity contribution in [2.45, 2.75) is 6.92 Å². The minimum absolute atomic E-state index is 0.194. The number of thiophene rings is 1. The highest BCUT2D eigenvalue weighted by Crippen LogP contribution is 2.29. The van der Waals surface area contributed by atoms with Crippen molar-refractivity contribution in [3.8, 4) is 10.4 Å². The number of halogens is 1. The maximum absolute atomic E-state index is 11.7. The fraction of sp³-hybridized carbons (Fsp3) is 0.143.